The molecular formula is C15H24N4O. The molecule has 1 aromatic rings. The van der Waals surface area contributed by atoms with Crippen LogP contribution in [0.2, 0.25) is 0 Å². The Morgan fingerprint density at radius 1 is 1.45 bits per heavy atom. The second-order valence-electron chi connectivity index (χ2n) is 5.91. The second-order valence-corrected chi connectivity index (χ2v) is 5.91. The molecule has 0 spiro atoms. The number of piperidine rings is 1. The molecule has 0 aliphatic carbocycles. The molecule has 5 heteroatoms. The van der Waals surface area contributed by atoms with Gasteiger partial charge in [-0.25, -0.2) is 4.98 Å². The van der Waals surface area contributed by atoms with Crippen LogP contribution in [-0.4, -0.2) is 61.0 Å². The van der Waals surface area contributed by atoms with Crippen molar-refractivity contribution in [1.29, 1.82) is 0 Å². The van der Waals surface area contributed by atoms with Gasteiger partial charge >= 0.3 is 0 Å². The van der Waals surface area contributed by atoms with Gasteiger partial charge in [0.15, 0.2) is 0 Å². The molecule has 0 aromatic carbocycles. The Morgan fingerprint density at radius 2 is 2.20 bits per heavy atom. The fourth-order valence-electron chi connectivity index (χ4n) is 2.62. The summed E-state index contributed by atoms with van der Waals surface area (Å²) in [7, 11) is 5.65. The monoisotopic (exact) mass is 276 g/mol. The summed E-state index contributed by atoms with van der Waals surface area (Å²) in [6.07, 6.45) is 2.77. The van der Waals surface area contributed by atoms with Gasteiger partial charge in [0.2, 0.25) is 0 Å². The number of aromatic nitrogens is 1. The van der Waals surface area contributed by atoms with Crippen LogP contribution >= 0.6 is 0 Å². The summed E-state index contributed by atoms with van der Waals surface area (Å²) in [5.74, 6) is 1.43. The molecule has 1 N–H and O–H groups in total. The Kier molecular flexibility index (Phi) is 4.60. The third-order valence-corrected chi connectivity index (χ3v) is 3.86. The lowest BCUT2D eigenvalue weighted by Crippen LogP contribution is -2.43. The zero-order valence-corrected chi connectivity index (χ0v) is 12.8. The normalized spacial score (nSPS) is 23.4. The fourth-order valence-corrected chi connectivity index (χ4v) is 2.62. The van der Waals surface area contributed by atoms with Crippen LogP contribution in [0, 0.1) is 5.92 Å². The molecule has 2 rings (SSSR count). The van der Waals surface area contributed by atoms with E-state index >= 15 is 0 Å². The highest BCUT2D eigenvalue weighted by Gasteiger charge is 2.24. The van der Waals surface area contributed by atoms with Crippen molar-refractivity contribution in [3.05, 3.63) is 23.9 Å². The maximum Gasteiger partial charge on any atom is 0.254 e. The summed E-state index contributed by atoms with van der Waals surface area (Å²) < 4.78 is 0. The van der Waals surface area contributed by atoms with E-state index in [1.807, 2.05) is 12.1 Å². The van der Waals surface area contributed by atoms with E-state index < -0.39 is 0 Å². The Bertz CT molecular complexity index is 457. The van der Waals surface area contributed by atoms with Gasteiger partial charge in [-0.3, -0.25) is 4.79 Å². The summed E-state index contributed by atoms with van der Waals surface area (Å²) in [4.78, 5) is 20.1. The number of nitrogens with one attached hydrogen (secondary N) is 1. The molecule has 1 aliphatic heterocycles. The number of likely N-dealkylation sites (tertiary alicyclic amines) is 1. The third-order valence-electron chi connectivity index (χ3n) is 3.86. The van der Waals surface area contributed by atoms with E-state index in [-0.39, 0.29) is 5.91 Å². The van der Waals surface area contributed by atoms with Crippen molar-refractivity contribution in [1.82, 2.24) is 14.8 Å². The van der Waals surface area contributed by atoms with Crippen molar-refractivity contribution < 1.29 is 4.79 Å². The van der Waals surface area contributed by atoms with E-state index in [0.29, 0.717) is 17.5 Å². The molecule has 0 saturated carbocycles. The molecule has 2 atom stereocenters. The Balaban J connectivity index is 1.99. The first-order chi connectivity index (χ1) is 9.47. The van der Waals surface area contributed by atoms with Crippen LogP contribution in [0.15, 0.2) is 18.3 Å². The van der Waals surface area contributed by atoms with Crippen molar-refractivity contribution in [2.45, 2.75) is 19.4 Å². The molecule has 0 radical (unpaired) electrons. The van der Waals surface area contributed by atoms with E-state index in [1.165, 1.54) is 0 Å². The molecule has 0 bridgehead atoms. The molecule has 1 aliphatic rings. The molecule has 110 valence electrons. The van der Waals surface area contributed by atoms with Gasteiger partial charge in [0.1, 0.15) is 5.82 Å². The molecular weight excluding hydrogens is 252 g/mol. The highest BCUT2D eigenvalue weighted by atomic mass is 16.2. The van der Waals surface area contributed by atoms with E-state index in [9.17, 15) is 4.79 Å². The molecule has 1 fully saturated rings. The van der Waals surface area contributed by atoms with Crippen molar-refractivity contribution in [3.63, 3.8) is 0 Å². The molecule has 1 amide bonds. The first kappa shape index (κ1) is 14.8. The van der Waals surface area contributed by atoms with Crippen LogP contribution in [0.1, 0.15) is 23.7 Å². The van der Waals surface area contributed by atoms with E-state index in [2.05, 4.69) is 29.2 Å². The number of hydrogen-bond acceptors (Lipinski definition) is 4. The lowest BCUT2D eigenvalue weighted by molar-refractivity contribution is 0.0827. The molecule has 1 saturated heterocycles. The SMILES string of the molecule is CC1CN(C)CCC1Nc1ccc(C(=O)N(C)C)cn1. The van der Waals surface area contributed by atoms with Gasteiger partial charge < -0.3 is 15.1 Å². The summed E-state index contributed by atoms with van der Waals surface area (Å²) >= 11 is 0. The van der Waals surface area contributed by atoms with Gasteiger partial charge in [-0.1, -0.05) is 6.92 Å². The topological polar surface area (TPSA) is 48.5 Å². The second kappa shape index (κ2) is 6.22. The minimum absolute atomic E-state index is 0.0169. The zero-order valence-electron chi connectivity index (χ0n) is 12.8. The van der Waals surface area contributed by atoms with Gasteiger partial charge in [-0.2, -0.15) is 0 Å². The molecule has 2 unspecified atom stereocenters. The highest BCUT2D eigenvalue weighted by molar-refractivity contribution is 5.93. The Labute approximate surface area is 121 Å². The third kappa shape index (κ3) is 3.48. The average molecular weight is 276 g/mol. The van der Waals surface area contributed by atoms with Crippen LogP contribution < -0.4 is 5.32 Å². The van der Waals surface area contributed by atoms with Crippen LogP contribution in [0.4, 0.5) is 5.82 Å². The van der Waals surface area contributed by atoms with Crippen LogP contribution in [0.5, 0.6) is 0 Å². The number of amides is 1. The van der Waals surface area contributed by atoms with Crippen LogP contribution in [0.25, 0.3) is 0 Å². The predicted octanol–water partition coefficient (Wildman–Crippen LogP) is 1.54. The first-order valence-corrected chi connectivity index (χ1v) is 7.10. The summed E-state index contributed by atoms with van der Waals surface area (Å²) in [5, 5.41) is 3.48. The fraction of sp³-hybridized carbons (Fsp3) is 0.600. The summed E-state index contributed by atoms with van der Waals surface area (Å²) in [6, 6.07) is 4.17. The highest BCUT2D eigenvalue weighted by Crippen LogP contribution is 2.19. The number of carbonyl (C=O) groups excluding carboxylic acids is 1. The quantitative estimate of drug-likeness (QED) is 0.909. The van der Waals surface area contributed by atoms with E-state index in [0.717, 1.165) is 25.3 Å². The van der Waals surface area contributed by atoms with Gasteiger partial charge in [0, 0.05) is 32.9 Å². The first-order valence-electron chi connectivity index (χ1n) is 7.10. The van der Waals surface area contributed by atoms with Gasteiger partial charge in [-0.15, -0.1) is 0 Å². The number of anilines is 1. The van der Waals surface area contributed by atoms with Crippen molar-refractivity contribution >= 4 is 11.7 Å². The Hall–Kier alpha value is -1.62. The average Bonchev–Trinajstić information content (AvgIpc) is 2.42. The lowest BCUT2D eigenvalue weighted by Gasteiger charge is -2.35. The number of hydrogen-bond donors (Lipinski definition) is 1. The van der Waals surface area contributed by atoms with Crippen LogP contribution in [-0.2, 0) is 0 Å². The summed E-state index contributed by atoms with van der Waals surface area (Å²) in [6.45, 7) is 4.48. The summed E-state index contributed by atoms with van der Waals surface area (Å²) in [5.41, 5.74) is 0.622. The number of pyridine rings is 1. The number of nitrogens with zero attached hydrogens (tertiary/aromatic N) is 3. The van der Waals surface area contributed by atoms with Crippen molar-refractivity contribution in [3.8, 4) is 0 Å². The predicted molar refractivity (Wildman–Crippen MR) is 80.9 cm³/mol. The van der Waals surface area contributed by atoms with Gasteiger partial charge in [0.05, 0.1) is 5.56 Å². The van der Waals surface area contributed by atoms with Gasteiger partial charge in [-0.05, 0) is 38.1 Å². The Morgan fingerprint density at radius 3 is 2.75 bits per heavy atom. The molecule has 20 heavy (non-hydrogen) atoms. The maximum absolute atomic E-state index is 11.8. The number of carbonyl (C=O) groups is 1. The largest absolute Gasteiger partial charge is 0.367 e. The minimum atomic E-state index is -0.0169. The molecule has 1 aromatic heterocycles. The lowest BCUT2D eigenvalue weighted by atomic mass is 9.94. The maximum atomic E-state index is 11.8. The molecule has 5 nitrogen and oxygen atoms in total. The molecule has 2 heterocycles. The minimum Gasteiger partial charge on any atom is -0.367 e. The van der Waals surface area contributed by atoms with E-state index in [4.69, 9.17) is 0 Å². The zero-order chi connectivity index (χ0) is 14.7. The van der Waals surface area contributed by atoms with E-state index in [1.54, 1.807) is 25.2 Å². The van der Waals surface area contributed by atoms with Crippen LogP contribution in [0.3, 0.4) is 0 Å². The smallest absolute Gasteiger partial charge is 0.254 e. The van der Waals surface area contributed by atoms with Crippen molar-refractivity contribution in [2.24, 2.45) is 5.92 Å². The van der Waals surface area contributed by atoms with Crippen molar-refractivity contribution in [2.75, 3.05) is 39.5 Å². The number of rotatable bonds is 3. The standard InChI is InChI=1S/C15H24N4O/c1-11-10-19(4)8-7-13(11)17-14-6-5-12(9-16-14)15(20)18(2)3/h5-6,9,11,13H,7-8,10H2,1-4H3,(H,16,17). The van der Waals surface area contributed by atoms with Gasteiger partial charge in [0.25, 0.3) is 5.91 Å².